The number of amides is 2. The Hall–Kier alpha value is -3.50. The van der Waals surface area contributed by atoms with E-state index in [0.29, 0.717) is 24.1 Å². The second-order valence-electron chi connectivity index (χ2n) is 8.53. The van der Waals surface area contributed by atoms with Gasteiger partial charge >= 0.3 is 0 Å². The van der Waals surface area contributed by atoms with Gasteiger partial charge in [0.15, 0.2) is 5.78 Å². The molecule has 3 atom stereocenters. The third-order valence-electron chi connectivity index (χ3n) is 6.38. The smallest absolute Gasteiger partial charge is 0.263 e. The second kappa shape index (κ2) is 8.37. The molecular weight excluding hydrogens is 460 g/mol. The summed E-state index contributed by atoms with van der Waals surface area (Å²) in [4.78, 5) is 40.0. The number of nitrogens with one attached hydrogen (secondary N) is 1. The van der Waals surface area contributed by atoms with Crippen LogP contribution in [0.5, 0.6) is 5.75 Å². The summed E-state index contributed by atoms with van der Waals surface area (Å²) >= 11 is 0. The molecule has 3 aliphatic rings. The molecule has 0 unspecified atom stereocenters. The molecule has 0 radical (unpaired) electrons. The average Bonchev–Trinajstić information content (AvgIpc) is 3.48. The highest BCUT2D eigenvalue weighted by Gasteiger charge is 2.48. The van der Waals surface area contributed by atoms with E-state index in [1.807, 2.05) is 0 Å². The van der Waals surface area contributed by atoms with Gasteiger partial charge in [-0.2, -0.15) is 0 Å². The molecule has 2 amide bonds. The van der Waals surface area contributed by atoms with Crippen molar-refractivity contribution < 1.29 is 32.6 Å². The van der Waals surface area contributed by atoms with Gasteiger partial charge in [0.1, 0.15) is 29.3 Å². The molecule has 9 nitrogen and oxygen atoms in total. The number of nitrogens with zero attached hydrogens (tertiary/aromatic N) is 1. The third kappa shape index (κ3) is 3.78. The normalized spacial score (nSPS) is 23.2. The molecule has 0 spiro atoms. The Balaban J connectivity index is 1.43. The lowest BCUT2D eigenvalue weighted by Crippen LogP contribution is -2.53. The molecular formula is C24H22N2O7S. The van der Waals surface area contributed by atoms with Crippen molar-refractivity contribution in [1.82, 2.24) is 10.2 Å². The third-order valence-corrected chi connectivity index (χ3v) is 8.22. The summed E-state index contributed by atoms with van der Waals surface area (Å²) in [6.45, 7) is 0.242. The molecule has 0 aliphatic carbocycles. The lowest BCUT2D eigenvalue weighted by molar-refractivity contribution is -0.139. The molecule has 0 bridgehead atoms. The van der Waals surface area contributed by atoms with Gasteiger partial charge in [-0.25, -0.2) is 8.42 Å². The lowest BCUT2D eigenvalue weighted by atomic mass is 10.0. The van der Waals surface area contributed by atoms with Crippen LogP contribution in [-0.2, 0) is 35.4 Å². The van der Waals surface area contributed by atoms with Crippen LogP contribution in [0.2, 0.25) is 0 Å². The fraction of sp³-hybridized carbons (Fsp3) is 0.292. The van der Waals surface area contributed by atoms with E-state index >= 15 is 0 Å². The molecule has 3 heterocycles. The van der Waals surface area contributed by atoms with Gasteiger partial charge in [0.25, 0.3) is 5.91 Å². The molecule has 3 aliphatic heterocycles. The maximum Gasteiger partial charge on any atom is 0.263 e. The van der Waals surface area contributed by atoms with E-state index in [4.69, 9.17) is 4.74 Å². The van der Waals surface area contributed by atoms with Gasteiger partial charge in [0, 0.05) is 13.0 Å². The number of phenols is 1. The van der Waals surface area contributed by atoms with Crippen molar-refractivity contribution in [2.75, 3.05) is 13.2 Å². The van der Waals surface area contributed by atoms with E-state index in [1.165, 1.54) is 29.2 Å². The van der Waals surface area contributed by atoms with Gasteiger partial charge in [-0.05, 0) is 41.8 Å². The zero-order chi connectivity index (χ0) is 24.0. The minimum Gasteiger partial charge on any atom is -0.508 e. The van der Waals surface area contributed by atoms with Crippen molar-refractivity contribution in [2.24, 2.45) is 0 Å². The van der Waals surface area contributed by atoms with Crippen LogP contribution in [0.3, 0.4) is 0 Å². The zero-order valence-corrected chi connectivity index (χ0v) is 18.8. The molecule has 5 rings (SSSR count). The predicted molar refractivity (Wildman–Crippen MR) is 120 cm³/mol. The molecule has 2 fully saturated rings. The summed E-state index contributed by atoms with van der Waals surface area (Å²) in [5.74, 6) is -1.52. The zero-order valence-electron chi connectivity index (χ0n) is 18.0. The number of Topliss-reactive ketones (excluding diaryl/α,β-unsaturated/α-hetero) is 1. The topological polar surface area (TPSA) is 130 Å². The Morgan fingerprint density at radius 1 is 1.15 bits per heavy atom. The monoisotopic (exact) mass is 482 g/mol. The summed E-state index contributed by atoms with van der Waals surface area (Å²) in [5.41, 5.74) is 1.05. The van der Waals surface area contributed by atoms with Crippen LogP contribution in [0.4, 0.5) is 0 Å². The molecule has 2 aromatic carbocycles. The maximum absolute atomic E-state index is 13.5. The Kier molecular flexibility index (Phi) is 5.49. The van der Waals surface area contributed by atoms with Crippen LogP contribution >= 0.6 is 0 Å². The first kappa shape index (κ1) is 22.3. The van der Waals surface area contributed by atoms with Crippen molar-refractivity contribution in [1.29, 1.82) is 0 Å². The van der Waals surface area contributed by atoms with Gasteiger partial charge < -0.3 is 20.1 Å². The molecule has 2 saturated heterocycles. The molecule has 0 saturated carbocycles. The minimum atomic E-state index is -4.02. The summed E-state index contributed by atoms with van der Waals surface area (Å²) < 4.78 is 31.3. The fourth-order valence-corrected chi connectivity index (χ4v) is 6.23. The SMILES string of the molecule is O=C(N[C@@H](Cc1ccc(O)cc1)C(=O)N1CC[C@H]2OCC(=O)[C@H]21)C1=Cc2ccccc2S1(=O)=O. The predicted octanol–water partition coefficient (Wildman–Crippen LogP) is 0.817. The van der Waals surface area contributed by atoms with E-state index < -0.39 is 38.6 Å². The summed E-state index contributed by atoms with van der Waals surface area (Å²) in [7, 11) is -4.02. The van der Waals surface area contributed by atoms with Gasteiger partial charge in [0.2, 0.25) is 15.7 Å². The lowest BCUT2D eigenvalue weighted by Gasteiger charge is -2.27. The number of sulfone groups is 1. The van der Waals surface area contributed by atoms with Crippen molar-refractivity contribution in [3.8, 4) is 5.75 Å². The van der Waals surface area contributed by atoms with Gasteiger partial charge in [0.05, 0.1) is 11.0 Å². The van der Waals surface area contributed by atoms with Crippen molar-refractivity contribution in [2.45, 2.75) is 35.9 Å². The molecule has 176 valence electrons. The van der Waals surface area contributed by atoms with Crippen LogP contribution in [0, 0.1) is 0 Å². The largest absolute Gasteiger partial charge is 0.508 e. The first-order valence-electron chi connectivity index (χ1n) is 10.8. The van der Waals surface area contributed by atoms with E-state index in [-0.39, 0.29) is 35.6 Å². The number of fused-ring (bicyclic) bond motifs is 2. The highest BCUT2D eigenvalue weighted by atomic mass is 32.2. The van der Waals surface area contributed by atoms with E-state index in [1.54, 1.807) is 30.3 Å². The second-order valence-corrected chi connectivity index (χ2v) is 10.4. The van der Waals surface area contributed by atoms with Crippen molar-refractivity contribution >= 4 is 33.5 Å². The number of likely N-dealkylation sites (tertiary alicyclic amines) is 1. The molecule has 0 aromatic heterocycles. The van der Waals surface area contributed by atoms with Crippen LogP contribution in [0.1, 0.15) is 17.5 Å². The van der Waals surface area contributed by atoms with Crippen LogP contribution in [0.15, 0.2) is 58.3 Å². The summed E-state index contributed by atoms with van der Waals surface area (Å²) in [5, 5.41) is 12.2. The van der Waals surface area contributed by atoms with Crippen LogP contribution < -0.4 is 5.32 Å². The molecule has 34 heavy (non-hydrogen) atoms. The highest BCUT2D eigenvalue weighted by Crippen LogP contribution is 2.33. The standard InChI is InChI=1S/C24H22N2O7S/c27-16-7-5-14(6-8-16)11-17(24(30)26-10-9-19-22(26)18(28)13-33-19)25-23(29)21-12-15-3-1-2-4-20(15)34(21,31)32/h1-8,12,17,19,22,27H,9-11,13H2,(H,25,29)/t17-,19+,22+/m0/s1. The highest BCUT2D eigenvalue weighted by molar-refractivity contribution is 7.96. The number of hydrogen-bond donors (Lipinski definition) is 2. The van der Waals surface area contributed by atoms with E-state index in [2.05, 4.69) is 5.32 Å². The van der Waals surface area contributed by atoms with E-state index in [0.717, 1.165) is 0 Å². The average molecular weight is 483 g/mol. The van der Waals surface area contributed by atoms with Crippen LogP contribution in [0.25, 0.3) is 6.08 Å². The number of phenolic OH excluding ortho intramolecular Hbond substituents is 1. The Morgan fingerprint density at radius 3 is 2.62 bits per heavy atom. The number of aromatic hydroxyl groups is 1. The minimum absolute atomic E-state index is 0.0395. The molecule has 10 heteroatoms. The quantitative estimate of drug-likeness (QED) is 0.645. The van der Waals surface area contributed by atoms with Gasteiger partial charge in [-0.15, -0.1) is 0 Å². The number of carbonyl (C=O) groups is 3. The number of ether oxygens (including phenoxy) is 1. The first-order valence-corrected chi connectivity index (χ1v) is 12.3. The number of carbonyl (C=O) groups excluding carboxylic acids is 3. The van der Waals surface area contributed by atoms with Crippen molar-refractivity contribution in [3.05, 3.63) is 64.6 Å². The Bertz CT molecular complexity index is 1320. The summed E-state index contributed by atoms with van der Waals surface area (Å²) in [6.07, 6.45) is 1.49. The number of benzene rings is 2. The van der Waals surface area contributed by atoms with Gasteiger partial charge in [-0.3, -0.25) is 14.4 Å². The fourth-order valence-electron chi connectivity index (χ4n) is 4.71. The Morgan fingerprint density at radius 2 is 1.88 bits per heavy atom. The van der Waals surface area contributed by atoms with E-state index in [9.17, 15) is 27.9 Å². The van der Waals surface area contributed by atoms with Crippen LogP contribution in [-0.4, -0.2) is 67.4 Å². The Labute approximate surface area is 195 Å². The first-order chi connectivity index (χ1) is 16.3. The maximum atomic E-state index is 13.5. The molecule has 2 aromatic rings. The number of hydrogen-bond acceptors (Lipinski definition) is 7. The number of rotatable bonds is 5. The van der Waals surface area contributed by atoms with Gasteiger partial charge in [-0.1, -0.05) is 30.3 Å². The number of ketones is 1. The summed E-state index contributed by atoms with van der Waals surface area (Å²) in [6, 6.07) is 10.6. The molecule has 2 N–H and O–H groups in total. The van der Waals surface area contributed by atoms with Crippen molar-refractivity contribution in [3.63, 3.8) is 0 Å².